The summed E-state index contributed by atoms with van der Waals surface area (Å²) in [5.41, 5.74) is 0. The van der Waals surface area contributed by atoms with E-state index in [-0.39, 0.29) is 6.23 Å². The maximum Gasteiger partial charge on any atom is 0.343 e. The summed E-state index contributed by atoms with van der Waals surface area (Å²) in [7, 11) is -9.36. The van der Waals surface area contributed by atoms with Gasteiger partial charge in [0.1, 0.15) is 0 Å². The SMILES string of the molecule is C[Si]1(C)O[Si](C)(C)O[Si](C)(CO)O[Si](C)(C)O1. The fraction of sp³-hybridized carbons (Fsp3) is 1.00. The molecule has 0 unspecified atom stereocenters. The Morgan fingerprint density at radius 2 is 0.941 bits per heavy atom. The minimum atomic E-state index is -2.58. The van der Waals surface area contributed by atoms with Gasteiger partial charge in [-0.15, -0.1) is 0 Å². The molecule has 0 saturated carbocycles. The third-order valence-corrected chi connectivity index (χ3v) is 18.0. The fourth-order valence-corrected chi connectivity index (χ4v) is 22.8. The average molecular weight is 313 g/mol. The molecule has 0 atom stereocenters. The van der Waals surface area contributed by atoms with Crippen molar-refractivity contribution in [2.24, 2.45) is 0 Å². The van der Waals surface area contributed by atoms with Gasteiger partial charge in [0.2, 0.25) is 0 Å². The van der Waals surface area contributed by atoms with Crippen molar-refractivity contribution in [1.82, 2.24) is 0 Å². The lowest BCUT2D eigenvalue weighted by molar-refractivity contribution is 0.207. The summed E-state index contributed by atoms with van der Waals surface area (Å²) in [5.74, 6) is 0. The second-order valence-electron chi connectivity index (χ2n) is 5.90. The highest BCUT2D eigenvalue weighted by Gasteiger charge is 2.52. The molecule has 1 aliphatic rings. The second-order valence-corrected chi connectivity index (χ2v) is 20.1. The molecule has 1 saturated heterocycles. The van der Waals surface area contributed by atoms with E-state index in [0.29, 0.717) is 0 Å². The zero-order valence-electron chi connectivity index (χ0n) is 11.8. The summed E-state index contributed by atoms with van der Waals surface area (Å²) in [4.78, 5) is 0. The third-order valence-electron chi connectivity index (χ3n) is 2.19. The summed E-state index contributed by atoms with van der Waals surface area (Å²) >= 11 is 0. The number of hydrogen-bond acceptors (Lipinski definition) is 5. The van der Waals surface area contributed by atoms with Gasteiger partial charge in [-0.05, 0) is 45.8 Å². The van der Waals surface area contributed by atoms with Crippen LogP contribution in [0.5, 0.6) is 0 Å². The van der Waals surface area contributed by atoms with Crippen molar-refractivity contribution in [2.75, 3.05) is 6.23 Å². The first-order valence-electron chi connectivity index (χ1n) is 5.80. The fourth-order valence-electron chi connectivity index (χ4n) is 2.37. The van der Waals surface area contributed by atoms with Crippen molar-refractivity contribution in [1.29, 1.82) is 0 Å². The summed E-state index contributed by atoms with van der Waals surface area (Å²) in [6.45, 7) is 13.8. The quantitative estimate of drug-likeness (QED) is 0.748. The monoisotopic (exact) mass is 312 g/mol. The van der Waals surface area contributed by atoms with Crippen molar-refractivity contribution in [3.63, 3.8) is 0 Å². The van der Waals surface area contributed by atoms with Gasteiger partial charge in [0.15, 0.2) is 0 Å². The Hall–Kier alpha value is 0.668. The molecule has 0 aromatic rings. The normalized spacial score (nSPS) is 30.4. The number of aliphatic hydroxyl groups excluding tert-OH is 1. The van der Waals surface area contributed by atoms with E-state index < -0.39 is 34.2 Å². The molecule has 5 nitrogen and oxygen atoms in total. The lowest BCUT2D eigenvalue weighted by atomic mass is 11.7. The molecule has 9 heteroatoms. The van der Waals surface area contributed by atoms with Crippen LogP contribution in [-0.2, 0) is 16.5 Å². The van der Waals surface area contributed by atoms with E-state index in [4.69, 9.17) is 16.5 Å². The molecule has 17 heavy (non-hydrogen) atoms. The summed E-state index contributed by atoms with van der Waals surface area (Å²) in [5, 5.41) is 9.52. The molecule has 0 aliphatic carbocycles. The van der Waals surface area contributed by atoms with E-state index in [1.165, 1.54) is 0 Å². The number of hydrogen-bond donors (Lipinski definition) is 1. The Kier molecular flexibility index (Phi) is 4.30. The Morgan fingerprint density at radius 3 is 1.24 bits per heavy atom. The average Bonchev–Trinajstić information content (AvgIpc) is 1.93. The second kappa shape index (κ2) is 4.65. The van der Waals surface area contributed by atoms with Gasteiger partial charge in [-0.3, -0.25) is 0 Å². The molecule has 102 valence electrons. The maximum atomic E-state index is 9.52. The molecule has 0 aromatic heterocycles. The Bertz CT molecular complexity index is 272. The lowest BCUT2D eigenvalue weighted by Crippen LogP contribution is -2.66. The van der Waals surface area contributed by atoms with Crippen LogP contribution in [0.25, 0.3) is 0 Å². The Morgan fingerprint density at radius 1 is 0.647 bits per heavy atom. The largest absolute Gasteiger partial charge is 0.416 e. The molecule has 1 aliphatic heterocycles. The summed E-state index contributed by atoms with van der Waals surface area (Å²) in [6.07, 6.45) is -0.0609. The van der Waals surface area contributed by atoms with Crippen molar-refractivity contribution in [3.8, 4) is 0 Å². The first-order chi connectivity index (χ1) is 7.39. The van der Waals surface area contributed by atoms with E-state index >= 15 is 0 Å². The minimum Gasteiger partial charge on any atom is -0.416 e. The molecule has 1 N–H and O–H groups in total. The number of rotatable bonds is 1. The van der Waals surface area contributed by atoms with E-state index in [1.54, 1.807) is 0 Å². The lowest BCUT2D eigenvalue weighted by Gasteiger charge is -2.46. The summed E-state index contributed by atoms with van der Waals surface area (Å²) in [6, 6.07) is 0. The van der Waals surface area contributed by atoms with Gasteiger partial charge in [-0.2, -0.15) is 0 Å². The van der Waals surface area contributed by atoms with Gasteiger partial charge in [-0.25, -0.2) is 0 Å². The molecule has 1 fully saturated rings. The standard InChI is InChI=1S/C8H24O5Si4/c1-14(2)10-15(3,4)12-17(7,8-9)13-16(5,6)11-14/h9H,8H2,1-7H3. The topological polar surface area (TPSA) is 57.2 Å². The minimum absolute atomic E-state index is 0.0609. The maximum absolute atomic E-state index is 9.52. The highest BCUT2D eigenvalue weighted by Crippen LogP contribution is 2.30. The first kappa shape index (κ1) is 15.7. The molecule has 0 spiro atoms. The van der Waals surface area contributed by atoms with Gasteiger partial charge < -0.3 is 21.6 Å². The third kappa shape index (κ3) is 4.68. The van der Waals surface area contributed by atoms with Gasteiger partial charge in [0.25, 0.3) is 0 Å². The van der Waals surface area contributed by atoms with E-state index in [9.17, 15) is 5.11 Å². The van der Waals surface area contributed by atoms with Gasteiger partial charge in [0, 0.05) is 0 Å². The Balaban J connectivity index is 3.02. The molecule has 1 heterocycles. The highest BCUT2D eigenvalue weighted by molar-refractivity contribution is 6.92. The van der Waals surface area contributed by atoms with Gasteiger partial charge in [-0.1, -0.05) is 0 Å². The van der Waals surface area contributed by atoms with Crippen LogP contribution < -0.4 is 0 Å². The molecule has 0 aromatic carbocycles. The molecule has 0 radical (unpaired) electrons. The van der Waals surface area contributed by atoms with Crippen LogP contribution in [0.1, 0.15) is 0 Å². The molecule has 0 bridgehead atoms. The van der Waals surface area contributed by atoms with Crippen molar-refractivity contribution >= 4 is 34.2 Å². The van der Waals surface area contributed by atoms with Crippen LogP contribution in [0.3, 0.4) is 0 Å². The van der Waals surface area contributed by atoms with Crippen LogP contribution in [-0.4, -0.2) is 45.6 Å². The van der Waals surface area contributed by atoms with Gasteiger partial charge in [0.05, 0.1) is 6.23 Å². The van der Waals surface area contributed by atoms with Crippen LogP contribution >= 0.6 is 0 Å². The van der Waals surface area contributed by atoms with Crippen LogP contribution in [0.15, 0.2) is 0 Å². The van der Waals surface area contributed by atoms with Gasteiger partial charge >= 0.3 is 34.2 Å². The molecular formula is C8H24O5Si4. The van der Waals surface area contributed by atoms with Crippen LogP contribution in [0.4, 0.5) is 0 Å². The number of aliphatic hydroxyl groups is 1. The summed E-state index contributed by atoms with van der Waals surface area (Å²) < 4.78 is 24.3. The Labute approximate surface area is 108 Å². The molecule has 1 rings (SSSR count). The van der Waals surface area contributed by atoms with E-state index in [1.807, 2.05) is 45.8 Å². The van der Waals surface area contributed by atoms with E-state index in [2.05, 4.69) is 0 Å². The van der Waals surface area contributed by atoms with Crippen LogP contribution in [0, 0.1) is 0 Å². The highest BCUT2D eigenvalue weighted by atomic mass is 28.5. The zero-order chi connectivity index (χ0) is 13.5. The van der Waals surface area contributed by atoms with Crippen molar-refractivity contribution in [3.05, 3.63) is 0 Å². The van der Waals surface area contributed by atoms with Crippen molar-refractivity contribution < 1.29 is 21.6 Å². The van der Waals surface area contributed by atoms with E-state index in [0.717, 1.165) is 0 Å². The first-order valence-corrected chi connectivity index (χ1v) is 16.8. The predicted octanol–water partition coefficient (Wildman–Crippen LogP) is 1.78. The zero-order valence-corrected chi connectivity index (χ0v) is 15.8. The molecule has 0 amide bonds. The smallest absolute Gasteiger partial charge is 0.343 e. The molecular weight excluding hydrogens is 288 g/mol. The van der Waals surface area contributed by atoms with Crippen LogP contribution in [0.2, 0.25) is 45.8 Å². The van der Waals surface area contributed by atoms with Crippen molar-refractivity contribution in [2.45, 2.75) is 45.8 Å². The predicted molar refractivity (Wildman–Crippen MR) is 75.5 cm³/mol.